The number of rotatable bonds is 11. The summed E-state index contributed by atoms with van der Waals surface area (Å²) >= 11 is 0. The smallest absolute Gasteiger partial charge is 0.303 e. The fourth-order valence-corrected chi connectivity index (χ4v) is 7.11. The summed E-state index contributed by atoms with van der Waals surface area (Å²) < 4.78 is 0. The van der Waals surface area contributed by atoms with E-state index in [9.17, 15) is 39.0 Å². The van der Waals surface area contributed by atoms with E-state index in [1.54, 1.807) is 12.1 Å². The molecule has 0 unspecified atom stereocenters. The Bertz CT molecular complexity index is 1930. The van der Waals surface area contributed by atoms with Crippen LogP contribution in [0.3, 0.4) is 0 Å². The molecule has 55 heavy (non-hydrogen) atoms. The zero-order chi connectivity index (χ0) is 39.6. The van der Waals surface area contributed by atoms with Gasteiger partial charge in [0, 0.05) is 39.4 Å². The number of carboxylic acid groups (broad SMARTS) is 1. The number of guanidine groups is 1. The Morgan fingerprint density at radius 3 is 2.16 bits per heavy atom. The summed E-state index contributed by atoms with van der Waals surface area (Å²) in [5.41, 5.74) is 12.3. The fraction of sp³-hybridized carbons (Fsp3) is 0.410. The van der Waals surface area contributed by atoms with Crippen LogP contribution >= 0.6 is 0 Å². The lowest BCUT2D eigenvalue weighted by Crippen LogP contribution is -2.58. The monoisotopic (exact) mass is 756 g/mol. The van der Waals surface area contributed by atoms with Gasteiger partial charge in [-0.1, -0.05) is 54.6 Å². The van der Waals surface area contributed by atoms with Crippen molar-refractivity contribution in [3.8, 4) is 5.75 Å². The standard InChI is InChI=1S/C39H48N8O8/c1-46-31(8-4-18-42-39(40)41)35(52)45-30(22-24-10-13-25-6-2-3-7-26(25)20-24)38(55)47-19-5-9-32(47)36(53)44-29(21-23-11-14-27(48)15-12-23)34(51)43-28(37(46)54)16-17-33(49)50/h2-3,6-7,10-15,20,28-32,48H,4-5,8-9,16-19,21-22H2,1H3,(H,43,51)(H,44,53)(H,45,52)(H,49,50)(H4,40,41,42)/t28-,29+,30-,31-,32-/m0/s1. The Kier molecular flexibility index (Phi) is 13.3. The van der Waals surface area contributed by atoms with Gasteiger partial charge >= 0.3 is 5.97 Å². The minimum absolute atomic E-state index is 0.00367. The van der Waals surface area contributed by atoms with Crippen LogP contribution in [-0.4, -0.2) is 112 Å². The molecule has 292 valence electrons. The first-order valence-electron chi connectivity index (χ1n) is 18.3. The van der Waals surface area contributed by atoms with Gasteiger partial charge in [-0.05, 0) is 66.1 Å². The largest absolute Gasteiger partial charge is 0.508 e. The van der Waals surface area contributed by atoms with Crippen molar-refractivity contribution in [1.29, 1.82) is 0 Å². The Balaban J connectivity index is 1.56. The summed E-state index contributed by atoms with van der Waals surface area (Å²) in [5, 5.41) is 29.6. The van der Waals surface area contributed by atoms with E-state index < -0.39 is 72.1 Å². The van der Waals surface area contributed by atoms with E-state index in [2.05, 4.69) is 20.9 Å². The number of benzene rings is 3. The molecule has 0 radical (unpaired) electrons. The third-order valence-corrected chi connectivity index (χ3v) is 10.0. The number of nitrogens with one attached hydrogen (secondary N) is 3. The second-order valence-electron chi connectivity index (χ2n) is 14.0. The number of fused-ring (bicyclic) bond motifs is 2. The van der Waals surface area contributed by atoms with Gasteiger partial charge in [0.25, 0.3) is 0 Å². The summed E-state index contributed by atoms with van der Waals surface area (Å²) in [6.07, 6.45) is 0.332. The average molecular weight is 757 g/mol. The summed E-state index contributed by atoms with van der Waals surface area (Å²) in [4.78, 5) is 89.3. The lowest BCUT2D eigenvalue weighted by atomic mass is 9.99. The van der Waals surface area contributed by atoms with Crippen molar-refractivity contribution in [3.63, 3.8) is 0 Å². The molecule has 9 N–H and O–H groups in total. The number of nitrogens with two attached hydrogens (primary N) is 2. The van der Waals surface area contributed by atoms with Crippen LogP contribution in [0, 0.1) is 0 Å². The first-order valence-corrected chi connectivity index (χ1v) is 18.3. The van der Waals surface area contributed by atoms with Crippen molar-refractivity contribution < 1.29 is 39.0 Å². The second-order valence-corrected chi connectivity index (χ2v) is 14.0. The van der Waals surface area contributed by atoms with Crippen molar-refractivity contribution in [2.75, 3.05) is 20.1 Å². The van der Waals surface area contributed by atoms with E-state index in [-0.39, 0.29) is 56.9 Å². The summed E-state index contributed by atoms with van der Waals surface area (Å²) in [6, 6.07) is 13.5. The first kappa shape index (κ1) is 40.0. The maximum absolute atomic E-state index is 14.5. The van der Waals surface area contributed by atoms with Crippen molar-refractivity contribution in [3.05, 3.63) is 77.9 Å². The van der Waals surface area contributed by atoms with Crippen LogP contribution in [-0.2, 0) is 41.6 Å². The van der Waals surface area contributed by atoms with E-state index in [1.165, 1.54) is 24.1 Å². The number of aliphatic imine (C=N–C) groups is 1. The van der Waals surface area contributed by atoms with Crippen LogP contribution < -0.4 is 27.4 Å². The number of amides is 5. The molecule has 5 amide bonds. The molecule has 2 fully saturated rings. The third-order valence-electron chi connectivity index (χ3n) is 10.0. The minimum Gasteiger partial charge on any atom is -0.508 e. The molecule has 5 rings (SSSR count). The normalized spacial score (nSPS) is 22.6. The number of carbonyl (C=O) groups excluding carboxylic acids is 5. The molecule has 3 aromatic rings. The zero-order valence-electron chi connectivity index (χ0n) is 30.6. The Hall–Kier alpha value is -6.19. The molecule has 0 aromatic heterocycles. The molecule has 5 atom stereocenters. The highest BCUT2D eigenvalue weighted by atomic mass is 16.4. The van der Waals surface area contributed by atoms with Crippen LogP contribution in [0.2, 0.25) is 0 Å². The van der Waals surface area contributed by atoms with Crippen molar-refractivity contribution in [1.82, 2.24) is 25.8 Å². The number of hydrogen-bond donors (Lipinski definition) is 7. The second kappa shape index (κ2) is 18.2. The lowest BCUT2D eigenvalue weighted by molar-refractivity contribution is -0.144. The molecule has 2 saturated heterocycles. The van der Waals surface area contributed by atoms with E-state index in [0.717, 1.165) is 21.2 Å². The van der Waals surface area contributed by atoms with E-state index in [4.69, 9.17) is 11.5 Å². The number of carbonyl (C=O) groups is 6. The molecule has 16 heteroatoms. The molecule has 3 aromatic carbocycles. The third kappa shape index (κ3) is 10.5. The van der Waals surface area contributed by atoms with Gasteiger partial charge in [0.05, 0.1) is 0 Å². The van der Waals surface area contributed by atoms with Crippen LogP contribution in [0.5, 0.6) is 5.75 Å². The summed E-state index contributed by atoms with van der Waals surface area (Å²) in [7, 11) is 1.37. The van der Waals surface area contributed by atoms with Gasteiger partial charge in [0.1, 0.15) is 36.0 Å². The van der Waals surface area contributed by atoms with Gasteiger partial charge in [-0.3, -0.25) is 33.8 Å². The number of likely N-dealkylation sites (N-methyl/N-ethyl adjacent to an activating group) is 1. The Labute approximate surface area is 318 Å². The number of aromatic hydroxyl groups is 1. The van der Waals surface area contributed by atoms with Gasteiger partial charge in [-0.25, -0.2) is 0 Å². The van der Waals surface area contributed by atoms with Gasteiger partial charge in [-0.2, -0.15) is 0 Å². The maximum Gasteiger partial charge on any atom is 0.303 e. The highest BCUT2D eigenvalue weighted by Gasteiger charge is 2.41. The SMILES string of the molecule is CN1C(=O)[C@H](CCC(=O)O)NC(=O)[C@@H](Cc2ccc(O)cc2)NC(=O)[C@@H]2CCCN2C(=O)[C@H](Cc2ccc3ccccc3c2)NC(=O)[C@@H]1CCCN=C(N)N. The number of hydrogen-bond acceptors (Lipinski definition) is 8. The molecule has 2 aliphatic heterocycles. The molecule has 0 bridgehead atoms. The lowest BCUT2D eigenvalue weighted by Gasteiger charge is -2.33. The maximum atomic E-state index is 14.5. The molecule has 16 nitrogen and oxygen atoms in total. The molecule has 0 spiro atoms. The number of phenolic OH excluding ortho intramolecular Hbond substituents is 1. The van der Waals surface area contributed by atoms with Gasteiger partial charge in [0.2, 0.25) is 29.5 Å². The number of nitrogens with zero attached hydrogens (tertiary/aromatic N) is 3. The predicted octanol–water partition coefficient (Wildman–Crippen LogP) is 0.535. The van der Waals surface area contributed by atoms with Crippen LogP contribution in [0.15, 0.2) is 71.7 Å². The van der Waals surface area contributed by atoms with Crippen LogP contribution in [0.4, 0.5) is 0 Å². The van der Waals surface area contributed by atoms with Gasteiger partial charge < -0.3 is 47.4 Å². The molecule has 0 saturated carbocycles. The molecule has 0 aliphatic carbocycles. The summed E-state index contributed by atoms with van der Waals surface area (Å²) in [5.74, 6) is -4.65. The fourth-order valence-electron chi connectivity index (χ4n) is 7.11. The van der Waals surface area contributed by atoms with Crippen molar-refractivity contribution >= 4 is 52.2 Å². The van der Waals surface area contributed by atoms with Gasteiger partial charge in [0.15, 0.2) is 5.96 Å². The van der Waals surface area contributed by atoms with E-state index in [0.29, 0.717) is 18.4 Å². The van der Waals surface area contributed by atoms with Crippen LogP contribution in [0.1, 0.15) is 49.7 Å². The zero-order valence-corrected chi connectivity index (χ0v) is 30.6. The first-order chi connectivity index (χ1) is 26.3. The molecular formula is C39H48N8O8. The van der Waals surface area contributed by atoms with Crippen LogP contribution in [0.25, 0.3) is 10.8 Å². The summed E-state index contributed by atoms with van der Waals surface area (Å²) in [6.45, 7) is 0.363. The number of carboxylic acids is 1. The highest BCUT2D eigenvalue weighted by molar-refractivity contribution is 5.98. The molecule has 2 heterocycles. The Morgan fingerprint density at radius 1 is 0.800 bits per heavy atom. The van der Waals surface area contributed by atoms with Gasteiger partial charge in [-0.15, -0.1) is 0 Å². The van der Waals surface area contributed by atoms with Crippen molar-refractivity contribution in [2.45, 2.75) is 81.6 Å². The predicted molar refractivity (Wildman–Crippen MR) is 203 cm³/mol. The average Bonchev–Trinajstić information content (AvgIpc) is 3.65. The molecule has 2 aliphatic rings. The van der Waals surface area contributed by atoms with E-state index in [1.807, 2.05) is 42.5 Å². The number of phenols is 1. The Morgan fingerprint density at radius 2 is 1.45 bits per heavy atom. The van der Waals surface area contributed by atoms with E-state index >= 15 is 0 Å². The topological polar surface area (TPSA) is 250 Å². The number of aliphatic carboxylic acids is 1. The van der Waals surface area contributed by atoms with Crippen molar-refractivity contribution in [2.24, 2.45) is 16.5 Å². The minimum atomic E-state index is -1.40. The quantitative estimate of drug-likeness (QED) is 0.0813. The molecular weight excluding hydrogens is 708 g/mol. The highest BCUT2D eigenvalue weighted by Crippen LogP contribution is 2.23.